The molecule has 1 aromatic rings. The fourth-order valence-corrected chi connectivity index (χ4v) is 1.44. The number of alkyl halides is 3. The van der Waals surface area contributed by atoms with Crippen molar-refractivity contribution in [1.82, 2.24) is 4.57 Å². The van der Waals surface area contributed by atoms with E-state index in [4.69, 9.17) is 6.42 Å². The lowest BCUT2D eigenvalue weighted by molar-refractivity contribution is -0.138. The Morgan fingerprint density at radius 3 is 2.60 bits per heavy atom. The van der Waals surface area contributed by atoms with Crippen molar-refractivity contribution in [3.63, 3.8) is 0 Å². The second-order valence-corrected chi connectivity index (χ2v) is 3.57. The van der Waals surface area contributed by atoms with Crippen LogP contribution >= 0.6 is 15.9 Å². The van der Waals surface area contributed by atoms with Gasteiger partial charge in [-0.25, -0.2) is 0 Å². The molecule has 0 saturated heterocycles. The van der Waals surface area contributed by atoms with E-state index in [1.807, 2.05) is 0 Å². The van der Waals surface area contributed by atoms with Crippen LogP contribution in [0.2, 0.25) is 0 Å². The first-order valence-corrected chi connectivity index (χ1v) is 4.56. The van der Waals surface area contributed by atoms with Gasteiger partial charge in [0.15, 0.2) is 0 Å². The van der Waals surface area contributed by atoms with Crippen molar-refractivity contribution < 1.29 is 13.2 Å². The zero-order valence-electron chi connectivity index (χ0n) is 7.31. The summed E-state index contributed by atoms with van der Waals surface area (Å²) in [4.78, 5) is 11.3. The van der Waals surface area contributed by atoms with Crippen molar-refractivity contribution in [3.8, 4) is 12.3 Å². The molecule has 0 radical (unpaired) electrons. The quantitative estimate of drug-likeness (QED) is 0.723. The SMILES string of the molecule is C#CCn1cc(C(F)(F)F)cc(Br)c1=O. The summed E-state index contributed by atoms with van der Waals surface area (Å²) in [5.74, 6) is 2.11. The number of rotatable bonds is 1. The normalized spacial score (nSPS) is 11.1. The molecular weight excluding hydrogens is 275 g/mol. The summed E-state index contributed by atoms with van der Waals surface area (Å²) < 4.78 is 37.7. The molecule has 0 bridgehead atoms. The van der Waals surface area contributed by atoms with E-state index < -0.39 is 17.3 Å². The van der Waals surface area contributed by atoms with Crippen LogP contribution < -0.4 is 5.56 Å². The fourth-order valence-electron chi connectivity index (χ4n) is 0.970. The topological polar surface area (TPSA) is 22.0 Å². The Kier molecular flexibility index (Phi) is 3.25. The third kappa shape index (κ3) is 2.63. The first-order chi connectivity index (χ1) is 6.86. The van der Waals surface area contributed by atoms with Gasteiger partial charge >= 0.3 is 6.18 Å². The van der Waals surface area contributed by atoms with Crippen LogP contribution in [0, 0.1) is 12.3 Å². The molecule has 6 heteroatoms. The highest BCUT2D eigenvalue weighted by atomic mass is 79.9. The van der Waals surface area contributed by atoms with Crippen LogP contribution in [0.3, 0.4) is 0 Å². The lowest BCUT2D eigenvalue weighted by Crippen LogP contribution is -2.22. The zero-order valence-corrected chi connectivity index (χ0v) is 8.89. The Morgan fingerprint density at radius 1 is 1.53 bits per heavy atom. The van der Waals surface area contributed by atoms with Gasteiger partial charge in [0, 0.05) is 6.20 Å². The Balaban J connectivity index is 3.38. The van der Waals surface area contributed by atoms with Crippen molar-refractivity contribution >= 4 is 15.9 Å². The van der Waals surface area contributed by atoms with Crippen LogP contribution in [-0.4, -0.2) is 4.57 Å². The predicted molar refractivity (Wildman–Crippen MR) is 52.2 cm³/mol. The van der Waals surface area contributed by atoms with Gasteiger partial charge in [-0.2, -0.15) is 13.2 Å². The van der Waals surface area contributed by atoms with Gasteiger partial charge in [0.1, 0.15) is 0 Å². The van der Waals surface area contributed by atoms with Crippen LogP contribution in [0.5, 0.6) is 0 Å². The van der Waals surface area contributed by atoms with E-state index in [1.54, 1.807) is 0 Å². The number of halogens is 4. The number of pyridine rings is 1. The van der Waals surface area contributed by atoms with Gasteiger partial charge in [-0.15, -0.1) is 6.42 Å². The molecule has 0 aromatic carbocycles. The van der Waals surface area contributed by atoms with Gasteiger partial charge in [0.05, 0.1) is 16.6 Å². The maximum absolute atomic E-state index is 12.3. The zero-order chi connectivity index (χ0) is 11.6. The molecule has 0 unspecified atom stereocenters. The molecule has 0 aliphatic heterocycles. The molecule has 0 amide bonds. The largest absolute Gasteiger partial charge is 0.417 e. The Hall–Kier alpha value is -1.22. The Morgan fingerprint density at radius 2 is 2.13 bits per heavy atom. The van der Waals surface area contributed by atoms with E-state index in [0.29, 0.717) is 6.20 Å². The van der Waals surface area contributed by atoms with E-state index in [2.05, 4.69) is 21.9 Å². The van der Waals surface area contributed by atoms with E-state index >= 15 is 0 Å². The van der Waals surface area contributed by atoms with Gasteiger partial charge in [0.2, 0.25) is 0 Å². The smallest absolute Gasteiger partial charge is 0.302 e. The molecule has 0 fully saturated rings. The van der Waals surface area contributed by atoms with Gasteiger partial charge in [0.25, 0.3) is 5.56 Å². The minimum Gasteiger partial charge on any atom is -0.302 e. The maximum Gasteiger partial charge on any atom is 0.417 e. The molecule has 0 aliphatic carbocycles. The summed E-state index contributed by atoms with van der Waals surface area (Å²) in [5, 5.41) is 0. The van der Waals surface area contributed by atoms with Gasteiger partial charge in [-0.1, -0.05) is 5.92 Å². The molecule has 1 rings (SSSR count). The van der Waals surface area contributed by atoms with E-state index in [-0.39, 0.29) is 11.0 Å². The van der Waals surface area contributed by atoms with Crippen molar-refractivity contribution in [3.05, 3.63) is 32.7 Å². The third-order valence-corrected chi connectivity index (χ3v) is 2.20. The number of terminal acetylenes is 1. The third-order valence-electron chi connectivity index (χ3n) is 1.63. The monoisotopic (exact) mass is 279 g/mol. The lowest BCUT2D eigenvalue weighted by atomic mass is 10.3. The van der Waals surface area contributed by atoms with Crippen molar-refractivity contribution in [2.45, 2.75) is 12.7 Å². The van der Waals surface area contributed by atoms with E-state index in [1.165, 1.54) is 0 Å². The Bertz CT molecular complexity index is 470. The molecule has 0 aliphatic rings. The molecule has 0 atom stereocenters. The molecule has 0 spiro atoms. The molecule has 2 nitrogen and oxygen atoms in total. The molecule has 0 N–H and O–H groups in total. The van der Waals surface area contributed by atoms with Crippen LogP contribution in [-0.2, 0) is 12.7 Å². The highest BCUT2D eigenvalue weighted by Gasteiger charge is 2.31. The maximum atomic E-state index is 12.3. The average molecular weight is 280 g/mol. The number of aromatic nitrogens is 1. The first kappa shape index (κ1) is 11.9. The average Bonchev–Trinajstić information content (AvgIpc) is 2.11. The minimum atomic E-state index is -4.49. The van der Waals surface area contributed by atoms with Gasteiger partial charge in [-0.05, 0) is 22.0 Å². The van der Waals surface area contributed by atoms with Crippen molar-refractivity contribution in [2.24, 2.45) is 0 Å². The van der Waals surface area contributed by atoms with E-state index in [0.717, 1.165) is 10.6 Å². The van der Waals surface area contributed by atoms with Gasteiger partial charge < -0.3 is 4.57 Å². The summed E-state index contributed by atoms with van der Waals surface area (Å²) in [5.41, 5.74) is -1.50. The molecule has 1 heterocycles. The summed E-state index contributed by atoms with van der Waals surface area (Å²) >= 11 is 2.76. The molecular formula is C9H5BrF3NO. The highest BCUT2D eigenvalue weighted by molar-refractivity contribution is 9.10. The molecule has 15 heavy (non-hydrogen) atoms. The highest BCUT2D eigenvalue weighted by Crippen LogP contribution is 2.29. The second-order valence-electron chi connectivity index (χ2n) is 2.71. The predicted octanol–water partition coefficient (Wildman–Crippen LogP) is 2.26. The van der Waals surface area contributed by atoms with E-state index in [9.17, 15) is 18.0 Å². The number of nitrogens with zero attached hydrogens (tertiary/aromatic N) is 1. The number of hydrogen-bond acceptors (Lipinski definition) is 1. The molecule has 1 aromatic heterocycles. The van der Waals surface area contributed by atoms with Crippen LogP contribution in [0.25, 0.3) is 0 Å². The summed E-state index contributed by atoms with van der Waals surface area (Å²) in [7, 11) is 0. The van der Waals surface area contributed by atoms with Crippen LogP contribution in [0.1, 0.15) is 5.56 Å². The number of hydrogen-bond donors (Lipinski definition) is 0. The van der Waals surface area contributed by atoms with Crippen LogP contribution in [0.15, 0.2) is 21.5 Å². The molecule has 80 valence electrons. The minimum absolute atomic E-state index is 0.160. The summed E-state index contributed by atoms with van der Waals surface area (Å²) in [6.07, 6.45) is 1.14. The van der Waals surface area contributed by atoms with Gasteiger partial charge in [-0.3, -0.25) is 4.79 Å². The molecule has 0 saturated carbocycles. The first-order valence-electron chi connectivity index (χ1n) is 3.77. The van der Waals surface area contributed by atoms with Crippen molar-refractivity contribution in [1.29, 1.82) is 0 Å². The Labute approximate surface area is 91.8 Å². The standard InChI is InChI=1S/C9H5BrF3NO/c1-2-3-14-5-6(9(11,12)13)4-7(10)8(14)15/h1,4-5H,3H2. The fraction of sp³-hybridized carbons (Fsp3) is 0.222. The summed E-state index contributed by atoms with van der Waals surface area (Å²) in [6, 6.07) is 0.731. The second kappa shape index (κ2) is 4.11. The lowest BCUT2D eigenvalue weighted by Gasteiger charge is -2.09. The van der Waals surface area contributed by atoms with Crippen molar-refractivity contribution in [2.75, 3.05) is 0 Å². The summed E-state index contributed by atoms with van der Waals surface area (Å²) in [6.45, 7) is -0.193. The van der Waals surface area contributed by atoms with Crippen LogP contribution in [0.4, 0.5) is 13.2 Å².